The van der Waals surface area contributed by atoms with Crippen LogP contribution in [0.15, 0.2) is 60.2 Å². The number of rotatable bonds is 4. The molecule has 0 amide bonds. The zero-order valence-corrected chi connectivity index (χ0v) is 13.3. The van der Waals surface area contributed by atoms with Crippen LogP contribution in [0.2, 0.25) is 5.02 Å². The van der Waals surface area contributed by atoms with Crippen molar-refractivity contribution >= 4 is 23.5 Å². The molecular formula is C19H17ClO2. The van der Waals surface area contributed by atoms with Crippen molar-refractivity contribution in [1.29, 1.82) is 0 Å². The fourth-order valence-corrected chi connectivity index (χ4v) is 2.18. The van der Waals surface area contributed by atoms with Crippen LogP contribution in [0.25, 0.3) is 6.08 Å². The Labute approximate surface area is 135 Å². The lowest BCUT2D eigenvalue weighted by Crippen LogP contribution is -1.96. The molecule has 0 atom stereocenters. The van der Waals surface area contributed by atoms with E-state index in [4.69, 9.17) is 11.6 Å². The summed E-state index contributed by atoms with van der Waals surface area (Å²) < 4.78 is 0. The zero-order valence-electron chi connectivity index (χ0n) is 12.5. The molecule has 0 saturated heterocycles. The number of phenols is 1. The van der Waals surface area contributed by atoms with Gasteiger partial charge < -0.3 is 5.11 Å². The van der Waals surface area contributed by atoms with E-state index in [9.17, 15) is 9.90 Å². The minimum Gasteiger partial charge on any atom is -0.507 e. The Kier molecular flexibility index (Phi) is 5.18. The van der Waals surface area contributed by atoms with Gasteiger partial charge in [0.2, 0.25) is 0 Å². The van der Waals surface area contributed by atoms with Crippen LogP contribution in [-0.4, -0.2) is 10.9 Å². The second-order valence-corrected chi connectivity index (χ2v) is 5.52. The van der Waals surface area contributed by atoms with E-state index >= 15 is 0 Å². The Morgan fingerprint density at radius 2 is 1.82 bits per heavy atom. The summed E-state index contributed by atoms with van der Waals surface area (Å²) in [6.07, 6.45) is 5.14. The Bertz CT molecular complexity index is 744. The number of carbonyl (C=O) groups is 1. The van der Waals surface area contributed by atoms with Crippen LogP contribution in [0.1, 0.15) is 28.4 Å². The molecule has 0 saturated carbocycles. The van der Waals surface area contributed by atoms with Gasteiger partial charge in [0.15, 0.2) is 5.78 Å². The number of ketones is 1. The number of aromatic hydroxyl groups is 1. The van der Waals surface area contributed by atoms with Gasteiger partial charge in [0.05, 0.1) is 5.56 Å². The van der Waals surface area contributed by atoms with Crippen molar-refractivity contribution in [3.05, 3.63) is 81.9 Å². The van der Waals surface area contributed by atoms with Gasteiger partial charge in [0.25, 0.3) is 0 Å². The maximum Gasteiger partial charge on any atom is 0.189 e. The van der Waals surface area contributed by atoms with Gasteiger partial charge in [-0.25, -0.2) is 0 Å². The summed E-state index contributed by atoms with van der Waals surface area (Å²) in [6, 6.07) is 12.8. The number of benzene rings is 2. The first-order chi connectivity index (χ1) is 10.5. The van der Waals surface area contributed by atoms with E-state index in [0.29, 0.717) is 5.02 Å². The van der Waals surface area contributed by atoms with Crippen LogP contribution in [-0.2, 0) is 0 Å². The second kappa shape index (κ2) is 7.10. The minimum atomic E-state index is -0.278. The van der Waals surface area contributed by atoms with Gasteiger partial charge in [-0.2, -0.15) is 0 Å². The molecule has 2 aromatic carbocycles. The Morgan fingerprint density at radius 3 is 2.50 bits per heavy atom. The first kappa shape index (κ1) is 16.1. The number of aryl methyl sites for hydroxylation is 1. The molecule has 0 aromatic heterocycles. The monoisotopic (exact) mass is 312 g/mol. The van der Waals surface area contributed by atoms with Crippen molar-refractivity contribution in [3.8, 4) is 5.75 Å². The molecule has 0 aliphatic rings. The molecule has 0 radical (unpaired) electrons. The van der Waals surface area contributed by atoms with Crippen LogP contribution >= 0.6 is 11.6 Å². The van der Waals surface area contributed by atoms with E-state index in [1.54, 1.807) is 13.0 Å². The topological polar surface area (TPSA) is 37.3 Å². The van der Waals surface area contributed by atoms with Gasteiger partial charge >= 0.3 is 0 Å². The highest BCUT2D eigenvalue weighted by atomic mass is 35.5. The number of phenolic OH excluding ortho intramolecular Hbond substituents is 1. The third kappa shape index (κ3) is 4.09. The van der Waals surface area contributed by atoms with Gasteiger partial charge in [-0.15, -0.1) is 0 Å². The van der Waals surface area contributed by atoms with Gasteiger partial charge in [0, 0.05) is 5.02 Å². The van der Waals surface area contributed by atoms with Crippen molar-refractivity contribution < 1.29 is 9.90 Å². The summed E-state index contributed by atoms with van der Waals surface area (Å²) in [5.41, 5.74) is 2.95. The van der Waals surface area contributed by atoms with Crippen LogP contribution in [0.4, 0.5) is 0 Å². The standard InChI is InChI=1S/C19H17ClO2/c1-13(10-15-6-4-3-5-7-15)8-9-18(21)16-12-17(20)14(2)11-19(16)22/h3-12,22H,1-2H3/b9-8+,13-10-. The number of carbonyl (C=O) groups excluding carboxylic acids is 1. The van der Waals surface area contributed by atoms with Crippen LogP contribution in [0.3, 0.4) is 0 Å². The SMILES string of the molecule is CC(=C/c1ccccc1)/C=C/C(=O)c1cc(Cl)c(C)cc1O. The van der Waals surface area contributed by atoms with E-state index in [1.807, 2.05) is 43.3 Å². The molecule has 0 bridgehead atoms. The maximum atomic E-state index is 12.2. The minimum absolute atomic E-state index is 0.0544. The lowest BCUT2D eigenvalue weighted by atomic mass is 10.1. The van der Waals surface area contributed by atoms with Gasteiger partial charge in [-0.1, -0.05) is 59.7 Å². The van der Waals surface area contributed by atoms with Gasteiger partial charge in [-0.05, 0) is 43.2 Å². The largest absolute Gasteiger partial charge is 0.507 e. The van der Waals surface area contributed by atoms with Gasteiger partial charge in [-0.3, -0.25) is 4.79 Å². The molecule has 0 fully saturated rings. The molecule has 0 spiro atoms. The van der Waals surface area contributed by atoms with Crippen molar-refractivity contribution in [3.63, 3.8) is 0 Å². The summed E-state index contributed by atoms with van der Waals surface area (Å²) in [5.74, 6) is -0.332. The van der Waals surface area contributed by atoms with E-state index in [1.165, 1.54) is 18.2 Å². The summed E-state index contributed by atoms with van der Waals surface area (Å²) in [7, 11) is 0. The predicted molar refractivity (Wildman–Crippen MR) is 91.4 cm³/mol. The molecule has 0 aliphatic heterocycles. The number of hydrogen-bond donors (Lipinski definition) is 1. The summed E-state index contributed by atoms with van der Waals surface area (Å²) in [4.78, 5) is 12.2. The molecule has 2 rings (SSSR count). The van der Waals surface area contributed by atoms with Crippen molar-refractivity contribution in [2.24, 2.45) is 0 Å². The Balaban J connectivity index is 2.18. The lowest BCUT2D eigenvalue weighted by molar-refractivity contribution is 0.104. The smallest absolute Gasteiger partial charge is 0.189 e. The molecule has 0 heterocycles. The van der Waals surface area contributed by atoms with Crippen LogP contribution in [0.5, 0.6) is 5.75 Å². The molecule has 3 heteroatoms. The van der Waals surface area contributed by atoms with Crippen molar-refractivity contribution in [1.82, 2.24) is 0 Å². The molecule has 0 unspecified atom stereocenters. The zero-order chi connectivity index (χ0) is 16.1. The molecule has 2 aromatic rings. The second-order valence-electron chi connectivity index (χ2n) is 5.12. The first-order valence-electron chi connectivity index (χ1n) is 6.92. The molecule has 22 heavy (non-hydrogen) atoms. The average Bonchev–Trinajstić information content (AvgIpc) is 2.49. The number of halogens is 1. The maximum absolute atomic E-state index is 12.2. The molecule has 112 valence electrons. The van der Waals surface area contributed by atoms with Crippen molar-refractivity contribution in [2.45, 2.75) is 13.8 Å². The Hall–Kier alpha value is -2.32. The highest BCUT2D eigenvalue weighted by Gasteiger charge is 2.10. The van der Waals surface area contributed by atoms with Crippen LogP contribution < -0.4 is 0 Å². The van der Waals surface area contributed by atoms with Crippen molar-refractivity contribution in [2.75, 3.05) is 0 Å². The summed E-state index contributed by atoms with van der Waals surface area (Å²) in [6.45, 7) is 3.69. The number of hydrogen-bond acceptors (Lipinski definition) is 2. The summed E-state index contributed by atoms with van der Waals surface area (Å²) >= 11 is 6.00. The third-order valence-corrected chi connectivity index (χ3v) is 3.64. The van der Waals surface area contributed by atoms with Gasteiger partial charge in [0.1, 0.15) is 5.75 Å². The normalized spacial score (nSPS) is 11.9. The fraction of sp³-hybridized carbons (Fsp3) is 0.105. The highest BCUT2D eigenvalue weighted by Crippen LogP contribution is 2.26. The molecule has 1 N–H and O–H groups in total. The van der Waals surface area contributed by atoms with E-state index in [0.717, 1.165) is 16.7 Å². The Morgan fingerprint density at radius 1 is 1.14 bits per heavy atom. The lowest BCUT2D eigenvalue weighted by Gasteiger charge is -2.04. The predicted octanol–water partition coefficient (Wildman–Crippen LogP) is 5.20. The van der Waals surface area contributed by atoms with E-state index < -0.39 is 0 Å². The van der Waals surface area contributed by atoms with E-state index in [-0.39, 0.29) is 17.1 Å². The average molecular weight is 313 g/mol. The highest BCUT2D eigenvalue weighted by molar-refractivity contribution is 6.32. The molecular weight excluding hydrogens is 296 g/mol. The number of allylic oxidation sites excluding steroid dienone is 3. The molecule has 2 nitrogen and oxygen atoms in total. The first-order valence-corrected chi connectivity index (χ1v) is 7.30. The van der Waals surface area contributed by atoms with Crippen LogP contribution in [0, 0.1) is 6.92 Å². The fourth-order valence-electron chi connectivity index (χ4n) is 2.02. The summed E-state index contributed by atoms with van der Waals surface area (Å²) in [5, 5.41) is 10.3. The third-order valence-electron chi connectivity index (χ3n) is 3.23. The quantitative estimate of drug-likeness (QED) is 0.479. The van der Waals surface area contributed by atoms with E-state index in [2.05, 4.69) is 0 Å². The molecule has 0 aliphatic carbocycles.